The van der Waals surface area contributed by atoms with Gasteiger partial charge >= 0.3 is 6.01 Å². The SMILES string of the molecule is CC.COc1ccc(N(C)c2nc(OCC(C)(C)CC(C)(C)CO)nc3ccccc23)cc1. The van der Waals surface area contributed by atoms with Gasteiger partial charge in [0.1, 0.15) is 11.6 Å². The third-order valence-electron chi connectivity index (χ3n) is 5.32. The quantitative estimate of drug-likeness (QED) is 0.413. The molecule has 0 atom stereocenters. The van der Waals surface area contributed by atoms with E-state index < -0.39 is 0 Å². The lowest BCUT2D eigenvalue weighted by atomic mass is 9.76. The van der Waals surface area contributed by atoms with Crippen LogP contribution in [0, 0.1) is 10.8 Å². The number of nitrogens with zero attached hydrogens (tertiary/aromatic N) is 3. The van der Waals surface area contributed by atoms with Crippen LogP contribution in [0.3, 0.4) is 0 Å². The van der Waals surface area contributed by atoms with Crippen LogP contribution in [-0.4, -0.2) is 42.4 Å². The molecule has 0 aliphatic carbocycles. The predicted octanol–water partition coefficient (Wildman–Crippen LogP) is 6.25. The van der Waals surface area contributed by atoms with Gasteiger partial charge in [-0.15, -0.1) is 0 Å². The van der Waals surface area contributed by atoms with Crippen LogP contribution in [0.5, 0.6) is 11.8 Å². The average Bonchev–Trinajstić information content (AvgIpc) is 2.82. The van der Waals surface area contributed by atoms with Gasteiger partial charge in [-0.05, 0) is 53.6 Å². The van der Waals surface area contributed by atoms with Gasteiger partial charge in [-0.2, -0.15) is 9.97 Å². The Morgan fingerprint density at radius 1 is 0.909 bits per heavy atom. The summed E-state index contributed by atoms with van der Waals surface area (Å²) in [6.07, 6.45) is 0.822. The van der Waals surface area contributed by atoms with Crippen LogP contribution >= 0.6 is 0 Å². The van der Waals surface area contributed by atoms with E-state index in [2.05, 4.69) is 32.7 Å². The van der Waals surface area contributed by atoms with Gasteiger partial charge in [0, 0.05) is 24.7 Å². The minimum atomic E-state index is -0.170. The molecule has 1 heterocycles. The van der Waals surface area contributed by atoms with E-state index in [-0.39, 0.29) is 17.4 Å². The third-order valence-corrected chi connectivity index (χ3v) is 5.32. The maximum Gasteiger partial charge on any atom is 0.318 e. The molecule has 0 saturated carbocycles. The molecule has 0 amide bonds. The lowest BCUT2D eigenvalue weighted by Crippen LogP contribution is -2.31. The molecule has 0 unspecified atom stereocenters. The number of anilines is 2. The van der Waals surface area contributed by atoms with Crippen molar-refractivity contribution in [2.24, 2.45) is 10.8 Å². The first-order chi connectivity index (χ1) is 15.6. The first-order valence-electron chi connectivity index (χ1n) is 11.5. The van der Waals surface area contributed by atoms with Gasteiger partial charge in [0.05, 0.1) is 19.2 Å². The fourth-order valence-corrected chi connectivity index (χ4v) is 3.95. The number of fused-ring (bicyclic) bond motifs is 1. The second-order valence-electron chi connectivity index (χ2n) is 9.56. The molecule has 3 rings (SSSR count). The van der Waals surface area contributed by atoms with Gasteiger partial charge < -0.3 is 19.5 Å². The standard InChI is InChI=1S/C25H33N3O3.C2H6/c1-24(2,16-29)15-25(3,4)17-31-23-26-21-10-8-7-9-20(21)22(27-23)28(5)18-11-13-19(30-6)14-12-18;1-2/h7-14,29H,15-17H2,1-6H3;1-2H3. The number of benzene rings is 2. The highest BCUT2D eigenvalue weighted by atomic mass is 16.5. The minimum absolute atomic E-state index is 0.136. The van der Waals surface area contributed by atoms with E-state index in [9.17, 15) is 5.11 Å². The second kappa shape index (κ2) is 11.3. The van der Waals surface area contributed by atoms with Crippen LogP contribution in [0.1, 0.15) is 48.0 Å². The van der Waals surface area contributed by atoms with Crippen molar-refractivity contribution in [2.45, 2.75) is 48.0 Å². The van der Waals surface area contributed by atoms with Crippen LogP contribution in [-0.2, 0) is 0 Å². The number of methoxy groups -OCH3 is 1. The molecule has 1 aromatic heterocycles. The van der Waals surface area contributed by atoms with Crippen molar-refractivity contribution in [3.05, 3.63) is 48.5 Å². The average molecular weight is 454 g/mol. The summed E-state index contributed by atoms with van der Waals surface area (Å²) in [6.45, 7) is 13.0. The van der Waals surface area contributed by atoms with Crippen molar-refractivity contribution in [3.8, 4) is 11.8 Å². The maximum absolute atomic E-state index is 9.62. The van der Waals surface area contributed by atoms with Crippen LogP contribution in [0.15, 0.2) is 48.5 Å². The highest BCUT2D eigenvalue weighted by Crippen LogP contribution is 2.35. The number of aromatic nitrogens is 2. The van der Waals surface area contributed by atoms with E-state index in [1.54, 1.807) is 7.11 Å². The molecule has 1 N–H and O–H groups in total. The number of aliphatic hydroxyl groups is 1. The van der Waals surface area contributed by atoms with E-state index in [4.69, 9.17) is 14.5 Å². The Morgan fingerprint density at radius 3 is 2.15 bits per heavy atom. The molecule has 6 nitrogen and oxygen atoms in total. The Hall–Kier alpha value is -2.86. The monoisotopic (exact) mass is 453 g/mol. The van der Waals surface area contributed by atoms with Gasteiger partial charge in [0.25, 0.3) is 0 Å². The van der Waals surface area contributed by atoms with Crippen molar-refractivity contribution in [3.63, 3.8) is 0 Å². The molecule has 0 spiro atoms. The summed E-state index contributed by atoms with van der Waals surface area (Å²) in [5.74, 6) is 1.58. The molecule has 3 aromatic rings. The molecule has 2 aromatic carbocycles. The normalized spacial score (nSPS) is 11.5. The molecule has 0 aliphatic heterocycles. The zero-order valence-electron chi connectivity index (χ0n) is 21.3. The molecule has 0 aliphatic rings. The number of hydrogen-bond acceptors (Lipinski definition) is 6. The van der Waals surface area contributed by atoms with Gasteiger partial charge in [0.2, 0.25) is 0 Å². The van der Waals surface area contributed by atoms with Crippen LogP contribution in [0.2, 0.25) is 0 Å². The van der Waals surface area contributed by atoms with Gasteiger partial charge in [-0.25, -0.2) is 0 Å². The Morgan fingerprint density at radius 2 is 1.55 bits per heavy atom. The summed E-state index contributed by atoms with van der Waals surface area (Å²) in [7, 11) is 3.64. The lowest BCUT2D eigenvalue weighted by molar-refractivity contribution is 0.0700. The second-order valence-corrected chi connectivity index (χ2v) is 9.56. The molecule has 0 saturated heterocycles. The summed E-state index contributed by atoms with van der Waals surface area (Å²) >= 11 is 0. The fourth-order valence-electron chi connectivity index (χ4n) is 3.95. The molecule has 6 heteroatoms. The molecular formula is C27H39N3O3. The van der Waals surface area contributed by atoms with Crippen molar-refractivity contribution >= 4 is 22.4 Å². The summed E-state index contributed by atoms with van der Waals surface area (Å²) in [5.41, 5.74) is 1.51. The van der Waals surface area contributed by atoms with Crippen LogP contribution in [0.4, 0.5) is 11.5 Å². The number of hydrogen-bond donors (Lipinski definition) is 1. The lowest BCUT2D eigenvalue weighted by Gasteiger charge is -2.33. The highest BCUT2D eigenvalue weighted by Gasteiger charge is 2.29. The number of ether oxygens (including phenoxy) is 2. The molecule has 180 valence electrons. The Bertz CT molecular complexity index is 1020. The van der Waals surface area contributed by atoms with Crippen molar-refractivity contribution in [1.29, 1.82) is 0 Å². The van der Waals surface area contributed by atoms with Crippen molar-refractivity contribution in [1.82, 2.24) is 9.97 Å². The van der Waals surface area contributed by atoms with E-state index in [1.807, 2.05) is 74.3 Å². The fraction of sp³-hybridized carbons (Fsp3) is 0.481. The summed E-state index contributed by atoms with van der Waals surface area (Å²) in [5, 5.41) is 10.6. The Kier molecular flexibility index (Phi) is 9.06. The van der Waals surface area contributed by atoms with Crippen molar-refractivity contribution in [2.75, 3.05) is 32.3 Å². The molecule has 0 bridgehead atoms. The zero-order valence-corrected chi connectivity index (χ0v) is 21.3. The first-order valence-corrected chi connectivity index (χ1v) is 11.5. The highest BCUT2D eigenvalue weighted by molar-refractivity contribution is 5.91. The van der Waals surface area contributed by atoms with Gasteiger partial charge in [-0.3, -0.25) is 0 Å². The summed E-state index contributed by atoms with van der Waals surface area (Å²) in [4.78, 5) is 11.4. The minimum Gasteiger partial charge on any atom is -0.497 e. The van der Waals surface area contributed by atoms with Gasteiger partial charge in [-0.1, -0.05) is 53.7 Å². The van der Waals surface area contributed by atoms with E-state index in [0.717, 1.165) is 34.6 Å². The largest absolute Gasteiger partial charge is 0.497 e. The van der Waals surface area contributed by atoms with Crippen molar-refractivity contribution < 1.29 is 14.6 Å². The van der Waals surface area contributed by atoms with Gasteiger partial charge in [0.15, 0.2) is 0 Å². The smallest absolute Gasteiger partial charge is 0.318 e. The van der Waals surface area contributed by atoms with E-state index >= 15 is 0 Å². The molecular weight excluding hydrogens is 414 g/mol. The summed E-state index contributed by atoms with van der Waals surface area (Å²) < 4.78 is 11.4. The number of aliphatic hydroxyl groups excluding tert-OH is 1. The number of para-hydroxylation sites is 1. The van der Waals surface area contributed by atoms with Crippen LogP contribution in [0.25, 0.3) is 10.9 Å². The topological polar surface area (TPSA) is 67.7 Å². The zero-order chi connectivity index (χ0) is 24.6. The first kappa shape index (κ1) is 26.4. The Labute approximate surface area is 198 Å². The maximum atomic E-state index is 9.62. The summed E-state index contributed by atoms with van der Waals surface area (Å²) in [6, 6.07) is 16.1. The predicted molar refractivity (Wildman–Crippen MR) is 137 cm³/mol. The molecule has 0 fully saturated rings. The van der Waals surface area contributed by atoms with E-state index in [1.165, 1.54) is 0 Å². The third kappa shape index (κ3) is 7.06. The van der Waals surface area contributed by atoms with Crippen LogP contribution < -0.4 is 14.4 Å². The number of rotatable bonds is 9. The molecule has 0 radical (unpaired) electrons. The molecule has 33 heavy (non-hydrogen) atoms. The van der Waals surface area contributed by atoms with E-state index in [0.29, 0.717) is 12.6 Å². The Balaban J connectivity index is 0.00000187.